The van der Waals surface area contributed by atoms with Crippen molar-refractivity contribution in [2.75, 3.05) is 7.11 Å². The van der Waals surface area contributed by atoms with Crippen LogP contribution in [-0.2, 0) is 4.74 Å². The number of hydrogen-bond acceptors (Lipinski definition) is 6. The van der Waals surface area contributed by atoms with E-state index in [2.05, 4.69) is 19.7 Å². The summed E-state index contributed by atoms with van der Waals surface area (Å²) >= 11 is 1.39. The number of rotatable bonds is 2. The molecule has 0 aliphatic rings. The van der Waals surface area contributed by atoms with Crippen molar-refractivity contribution < 1.29 is 9.53 Å². The molecule has 0 radical (unpaired) electrons. The molecule has 6 nitrogen and oxygen atoms in total. The van der Waals surface area contributed by atoms with E-state index in [4.69, 9.17) is 0 Å². The summed E-state index contributed by atoms with van der Waals surface area (Å²) in [5.41, 5.74) is 1.54. The van der Waals surface area contributed by atoms with Crippen LogP contribution < -0.4 is 5.56 Å². The van der Waals surface area contributed by atoms with E-state index in [1.54, 1.807) is 10.9 Å². The lowest BCUT2D eigenvalue weighted by Gasteiger charge is -1.99. The number of hydrogen-bond donors (Lipinski definition) is 1. The third-order valence-electron chi connectivity index (χ3n) is 1.88. The molecular formula is C9H7N3O3S. The van der Waals surface area contributed by atoms with E-state index < -0.39 is 11.5 Å². The summed E-state index contributed by atoms with van der Waals surface area (Å²) in [6, 6.07) is 0. The lowest BCUT2D eigenvalue weighted by Crippen LogP contribution is -2.20. The lowest BCUT2D eigenvalue weighted by molar-refractivity contribution is 0.0598. The van der Waals surface area contributed by atoms with Gasteiger partial charge in [0.1, 0.15) is 11.3 Å². The van der Waals surface area contributed by atoms with Crippen LogP contribution in [0.5, 0.6) is 0 Å². The highest BCUT2D eigenvalue weighted by Crippen LogP contribution is 2.12. The Bertz CT molecular complexity index is 562. The van der Waals surface area contributed by atoms with E-state index in [0.717, 1.165) is 0 Å². The van der Waals surface area contributed by atoms with Crippen LogP contribution in [0.25, 0.3) is 11.5 Å². The van der Waals surface area contributed by atoms with Crippen LogP contribution in [0.15, 0.2) is 21.9 Å². The third-order valence-corrected chi connectivity index (χ3v) is 2.47. The van der Waals surface area contributed by atoms with Gasteiger partial charge in [0, 0.05) is 11.6 Å². The normalized spacial score (nSPS) is 10.1. The fraction of sp³-hybridized carbons (Fsp3) is 0.111. The number of thiazole rings is 1. The van der Waals surface area contributed by atoms with Crippen LogP contribution in [0.1, 0.15) is 10.4 Å². The summed E-state index contributed by atoms with van der Waals surface area (Å²) in [5.74, 6) is -0.377. The summed E-state index contributed by atoms with van der Waals surface area (Å²) in [4.78, 5) is 33.1. The predicted molar refractivity (Wildman–Crippen MR) is 57.3 cm³/mol. The Labute approximate surface area is 94.0 Å². The molecule has 0 saturated heterocycles. The Kier molecular flexibility index (Phi) is 2.78. The lowest BCUT2D eigenvalue weighted by atomic mass is 10.3. The second-order valence-corrected chi connectivity index (χ2v) is 3.56. The molecule has 0 unspecified atom stereocenters. The van der Waals surface area contributed by atoms with Crippen molar-refractivity contribution in [2.24, 2.45) is 0 Å². The van der Waals surface area contributed by atoms with E-state index in [0.29, 0.717) is 11.5 Å². The Morgan fingerprint density at radius 2 is 2.31 bits per heavy atom. The van der Waals surface area contributed by atoms with Crippen LogP contribution in [0, 0.1) is 0 Å². The molecule has 0 amide bonds. The molecule has 0 aromatic carbocycles. The maximum Gasteiger partial charge on any atom is 0.345 e. The van der Waals surface area contributed by atoms with E-state index in [1.807, 2.05) is 0 Å². The summed E-state index contributed by atoms with van der Waals surface area (Å²) < 4.78 is 4.44. The van der Waals surface area contributed by atoms with Gasteiger partial charge < -0.3 is 9.72 Å². The van der Waals surface area contributed by atoms with Gasteiger partial charge in [-0.25, -0.2) is 14.8 Å². The van der Waals surface area contributed by atoms with Crippen molar-refractivity contribution in [1.29, 1.82) is 0 Å². The number of carbonyl (C=O) groups excluding carboxylic acids is 1. The van der Waals surface area contributed by atoms with Crippen LogP contribution in [-0.4, -0.2) is 28.0 Å². The van der Waals surface area contributed by atoms with Gasteiger partial charge in [0.15, 0.2) is 5.82 Å². The quantitative estimate of drug-likeness (QED) is 0.776. The van der Waals surface area contributed by atoms with Crippen molar-refractivity contribution in [2.45, 2.75) is 0 Å². The predicted octanol–water partition coefficient (Wildman–Crippen LogP) is 0.680. The first-order chi connectivity index (χ1) is 7.72. The molecule has 0 aliphatic heterocycles. The average molecular weight is 237 g/mol. The minimum atomic E-state index is -0.710. The fourth-order valence-electron chi connectivity index (χ4n) is 1.11. The minimum Gasteiger partial charge on any atom is -0.465 e. The van der Waals surface area contributed by atoms with E-state index in [1.165, 1.54) is 24.6 Å². The highest BCUT2D eigenvalue weighted by Gasteiger charge is 2.12. The average Bonchev–Trinajstić information content (AvgIpc) is 2.81. The van der Waals surface area contributed by atoms with Crippen LogP contribution in [0.2, 0.25) is 0 Å². The molecule has 7 heteroatoms. The molecule has 16 heavy (non-hydrogen) atoms. The van der Waals surface area contributed by atoms with Gasteiger partial charge in [0.05, 0.1) is 12.6 Å². The fourth-order valence-corrected chi connectivity index (χ4v) is 1.65. The second kappa shape index (κ2) is 4.23. The summed E-state index contributed by atoms with van der Waals surface area (Å²) in [7, 11) is 1.20. The number of carbonyl (C=O) groups is 1. The number of ether oxygens (including phenoxy) is 1. The Hall–Kier alpha value is -2.02. The molecule has 2 rings (SSSR count). The highest BCUT2D eigenvalue weighted by atomic mass is 32.1. The van der Waals surface area contributed by atoms with Gasteiger partial charge in [-0.2, -0.15) is 0 Å². The van der Waals surface area contributed by atoms with E-state index in [-0.39, 0.29) is 5.56 Å². The number of esters is 1. The minimum absolute atomic E-state index is 0.124. The van der Waals surface area contributed by atoms with Gasteiger partial charge in [0.25, 0.3) is 5.56 Å². The SMILES string of the molecule is COC(=O)c1cnc(-c2cscn2)[nH]c1=O. The zero-order valence-electron chi connectivity index (χ0n) is 8.26. The molecule has 1 N–H and O–H groups in total. The Morgan fingerprint density at radius 3 is 2.88 bits per heavy atom. The van der Waals surface area contributed by atoms with Gasteiger partial charge in [-0.05, 0) is 0 Å². The summed E-state index contributed by atoms with van der Waals surface area (Å²) in [5, 5.41) is 1.75. The molecule has 0 aliphatic carbocycles. The van der Waals surface area contributed by atoms with Gasteiger partial charge in [-0.3, -0.25) is 4.79 Å². The summed E-state index contributed by atoms with van der Waals surface area (Å²) in [6.07, 6.45) is 1.18. The maximum atomic E-state index is 11.5. The standard InChI is InChI=1S/C9H7N3O3S/c1-15-9(14)5-2-10-7(12-8(5)13)6-3-16-4-11-6/h2-4H,1H3,(H,10,12,13). The number of methoxy groups -OCH3 is 1. The van der Waals surface area contributed by atoms with Gasteiger partial charge >= 0.3 is 5.97 Å². The van der Waals surface area contributed by atoms with Crippen molar-refractivity contribution in [3.63, 3.8) is 0 Å². The number of H-pyrrole nitrogens is 1. The largest absolute Gasteiger partial charge is 0.465 e. The summed E-state index contributed by atoms with van der Waals surface area (Å²) in [6.45, 7) is 0. The first-order valence-corrected chi connectivity index (χ1v) is 5.23. The van der Waals surface area contributed by atoms with Crippen molar-refractivity contribution in [3.8, 4) is 11.5 Å². The van der Waals surface area contributed by atoms with Crippen LogP contribution >= 0.6 is 11.3 Å². The number of aromatic nitrogens is 3. The van der Waals surface area contributed by atoms with Crippen LogP contribution in [0.4, 0.5) is 0 Å². The van der Waals surface area contributed by atoms with E-state index in [9.17, 15) is 9.59 Å². The topological polar surface area (TPSA) is 84.9 Å². The molecule has 0 bridgehead atoms. The molecule has 2 heterocycles. The Morgan fingerprint density at radius 1 is 1.50 bits per heavy atom. The monoisotopic (exact) mass is 237 g/mol. The molecule has 2 aromatic heterocycles. The molecule has 0 spiro atoms. The highest BCUT2D eigenvalue weighted by molar-refractivity contribution is 7.07. The molecule has 0 fully saturated rings. The van der Waals surface area contributed by atoms with Gasteiger partial charge in [-0.15, -0.1) is 11.3 Å². The molecule has 0 saturated carbocycles. The molecule has 2 aromatic rings. The first-order valence-electron chi connectivity index (χ1n) is 4.28. The zero-order chi connectivity index (χ0) is 11.5. The van der Waals surface area contributed by atoms with Gasteiger partial charge in [0.2, 0.25) is 0 Å². The first kappa shape index (κ1) is 10.5. The number of nitrogens with zero attached hydrogens (tertiary/aromatic N) is 2. The molecule has 82 valence electrons. The van der Waals surface area contributed by atoms with Crippen molar-refractivity contribution >= 4 is 17.3 Å². The number of aromatic amines is 1. The second-order valence-electron chi connectivity index (χ2n) is 2.84. The molecule has 0 atom stereocenters. The van der Waals surface area contributed by atoms with Crippen LogP contribution in [0.3, 0.4) is 0 Å². The third kappa shape index (κ3) is 1.84. The van der Waals surface area contributed by atoms with Crippen molar-refractivity contribution in [1.82, 2.24) is 15.0 Å². The maximum absolute atomic E-state index is 11.5. The van der Waals surface area contributed by atoms with Crippen molar-refractivity contribution in [3.05, 3.63) is 33.0 Å². The van der Waals surface area contributed by atoms with E-state index >= 15 is 0 Å². The molecular weight excluding hydrogens is 230 g/mol. The zero-order valence-corrected chi connectivity index (χ0v) is 9.08. The Balaban J connectivity index is 2.45. The number of nitrogens with one attached hydrogen (secondary N) is 1. The van der Waals surface area contributed by atoms with Gasteiger partial charge in [-0.1, -0.05) is 0 Å². The smallest absolute Gasteiger partial charge is 0.345 e.